The van der Waals surface area contributed by atoms with Gasteiger partial charge in [-0.25, -0.2) is 9.78 Å². The van der Waals surface area contributed by atoms with Crippen molar-refractivity contribution < 1.29 is 14.3 Å². The minimum atomic E-state index is -0.101. The maximum absolute atomic E-state index is 12.3. The van der Waals surface area contributed by atoms with E-state index in [-0.39, 0.29) is 17.9 Å². The fourth-order valence-electron chi connectivity index (χ4n) is 3.09. The Labute approximate surface area is 161 Å². The van der Waals surface area contributed by atoms with Crippen molar-refractivity contribution in [1.82, 2.24) is 14.9 Å². The van der Waals surface area contributed by atoms with Crippen molar-refractivity contribution in [2.24, 2.45) is 5.92 Å². The van der Waals surface area contributed by atoms with E-state index in [1.54, 1.807) is 29.1 Å². The first kappa shape index (κ1) is 16.8. The topological polar surface area (TPSA) is 85.2 Å². The SMILES string of the molecule is O=C(Nc1cc(Oc2ccc3c(ccn3C(=O)NC3CC3)c2)ccn1)C1CC1. The number of pyridine rings is 1. The van der Waals surface area contributed by atoms with Crippen molar-refractivity contribution in [2.75, 3.05) is 5.32 Å². The van der Waals surface area contributed by atoms with Crippen LogP contribution in [0.3, 0.4) is 0 Å². The number of rotatable bonds is 5. The van der Waals surface area contributed by atoms with Crippen LogP contribution >= 0.6 is 0 Å². The third kappa shape index (κ3) is 3.55. The molecule has 2 aliphatic carbocycles. The molecule has 2 aliphatic rings. The fraction of sp³-hybridized carbons (Fsp3) is 0.286. The van der Waals surface area contributed by atoms with Gasteiger partial charge in [0, 0.05) is 35.8 Å². The van der Waals surface area contributed by atoms with E-state index in [9.17, 15) is 9.59 Å². The summed E-state index contributed by atoms with van der Waals surface area (Å²) < 4.78 is 7.55. The summed E-state index contributed by atoms with van der Waals surface area (Å²) in [6.07, 6.45) is 7.37. The van der Waals surface area contributed by atoms with Crippen molar-refractivity contribution in [2.45, 2.75) is 31.7 Å². The van der Waals surface area contributed by atoms with Crippen LogP contribution in [0.1, 0.15) is 25.7 Å². The van der Waals surface area contributed by atoms with Gasteiger partial charge in [-0.05, 0) is 56.0 Å². The number of benzene rings is 1. The second-order valence-electron chi connectivity index (χ2n) is 7.37. The first-order valence-corrected chi connectivity index (χ1v) is 9.52. The Morgan fingerprint density at radius 2 is 1.86 bits per heavy atom. The molecule has 0 bridgehead atoms. The van der Waals surface area contributed by atoms with Crippen LogP contribution < -0.4 is 15.4 Å². The Balaban J connectivity index is 1.32. The van der Waals surface area contributed by atoms with E-state index in [0.29, 0.717) is 23.4 Å². The molecule has 0 aliphatic heterocycles. The minimum absolute atomic E-state index is 0.0110. The maximum Gasteiger partial charge on any atom is 0.326 e. The number of aromatic nitrogens is 2. The van der Waals surface area contributed by atoms with Gasteiger partial charge in [-0.15, -0.1) is 0 Å². The maximum atomic E-state index is 12.3. The van der Waals surface area contributed by atoms with E-state index in [0.717, 1.165) is 36.6 Å². The zero-order valence-electron chi connectivity index (χ0n) is 15.2. The quantitative estimate of drug-likeness (QED) is 0.707. The molecule has 7 nitrogen and oxygen atoms in total. The van der Waals surface area contributed by atoms with Gasteiger partial charge in [0.2, 0.25) is 5.91 Å². The number of carbonyl (C=O) groups is 2. The molecular weight excluding hydrogens is 356 g/mol. The third-order valence-electron chi connectivity index (χ3n) is 4.95. The lowest BCUT2D eigenvalue weighted by Crippen LogP contribution is -2.29. The average Bonchev–Trinajstić information content (AvgIpc) is 3.60. The molecule has 2 fully saturated rings. The molecule has 5 rings (SSSR count). The van der Waals surface area contributed by atoms with Gasteiger partial charge in [0.15, 0.2) is 0 Å². The van der Waals surface area contributed by atoms with E-state index < -0.39 is 0 Å². The van der Waals surface area contributed by atoms with E-state index in [1.807, 2.05) is 24.3 Å². The second-order valence-corrected chi connectivity index (χ2v) is 7.37. The molecule has 2 saturated carbocycles. The summed E-state index contributed by atoms with van der Waals surface area (Å²) >= 11 is 0. The molecule has 0 unspecified atom stereocenters. The molecule has 0 atom stereocenters. The number of anilines is 1. The summed E-state index contributed by atoms with van der Waals surface area (Å²) in [5.41, 5.74) is 0.831. The molecule has 2 N–H and O–H groups in total. The number of amides is 2. The normalized spacial score (nSPS) is 16.0. The number of carbonyl (C=O) groups excluding carboxylic acids is 2. The Morgan fingerprint density at radius 1 is 1.04 bits per heavy atom. The smallest absolute Gasteiger partial charge is 0.326 e. The van der Waals surface area contributed by atoms with E-state index >= 15 is 0 Å². The summed E-state index contributed by atoms with van der Waals surface area (Å²) in [4.78, 5) is 28.4. The fourth-order valence-corrected chi connectivity index (χ4v) is 3.09. The summed E-state index contributed by atoms with van der Waals surface area (Å²) in [7, 11) is 0. The lowest BCUT2D eigenvalue weighted by Gasteiger charge is -2.09. The first-order valence-electron chi connectivity index (χ1n) is 9.52. The van der Waals surface area contributed by atoms with Gasteiger partial charge in [-0.1, -0.05) is 0 Å². The lowest BCUT2D eigenvalue weighted by atomic mass is 10.2. The highest BCUT2D eigenvalue weighted by molar-refractivity contribution is 5.93. The van der Waals surface area contributed by atoms with Crippen LogP contribution in [0.15, 0.2) is 48.8 Å². The van der Waals surface area contributed by atoms with Gasteiger partial charge in [0.25, 0.3) is 0 Å². The van der Waals surface area contributed by atoms with Crippen LogP contribution in [0, 0.1) is 5.92 Å². The summed E-state index contributed by atoms with van der Waals surface area (Å²) in [5, 5.41) is 6.72. The number of nitrogens with zero attached hydrogens (tertiary/aromatic N) is 2. The van der Waals surface area contributed by atoms with Gasteiger partial charge in [0.1, 0.15) is 17.3 Å². The molecule has 2 heterocycles. The minimum Gasteiger partial charge on any atom is -0.457 e. The van der Waals surface area contributed by atoms with Crippen LogP contribution in [0.5, 0.6) is 11.5 Å². The van der Waals surface area contributed by atoms with Gasteiger partial charge < -0.3 is 15.4 Å². The number of nitrogens with one attached hydrogen (secondary N) is 2. The molecule has 2 amide bonds. The zero-order chi connectivity index (χ0) is 19.1. The summed E-state index contributed by atoms with van der Waals surface area (Å²) in [6, 6.07) is 11.1. The molecule has 28 heavy (non-hydrogen) atoms. The van der Waals surface area contributed by atoms with Crippen molar-refractivity contribution in [3.05, 3.63) is 48.8 Å². The van der Waals surface area contributed by atoms with Gasteiger partial charge in [0.05, 0.1) is 5.52 Å². The number of ether oxygens (including phenoxy) is 1. The highest BCUT2D eigenvalue weighted by atomic mass is 16.5. The highest BCUT2D eigenvalue weighted by Gasteiger charge is 2.29. The van der Waals surface area contributed by atoms with Crippen molar-refractivity contribution >= 4 is 28.7 Å². The second kappa shape index (κ2) is 6.67. The van der Waals surface area contributed by atoms with Gasteiger partial charge >= 0.3 is 6.03 Å². The molecule has 1 aromatic carbocycles. The molecule has 142 valence electrons. The molecule has 7 heteroatoms. The van der Waals surface area contributed by atoms with Gasteiger partial charge in [-0.2, -0.15) is 0 Å². The van der Waals surface area contributed by atoms with Crippen molar-refractivity contribution in [3.63, 3.8) is 0 Å². The lowest BCUT2D eigenvalue weighted by molar-refractivity contribution is -0.117. The number of hydrogen-bond acceptors (Lipinski definition) is 4. The third-order valence-corrected chi connectivity index (χ3v) is 4.95. The Hall–Kier alpha value is -3.35. The predicted octanol–water partition coefficient (Wildman–Crippen LogP) is 3.90. The molecule has 2 aromatic heterocycles. The monoisotopic (exact) mass is 376 g/mol. The molecule has 0 spiro atoms. The largest absolute Gasteiger partial charge is 0.457 e. The van der Waals surface area contributed by atoms with Crippen molar-refractivity contribution in [1.29, 1.82) is 0 Å². The first-order chi connectivity index (χ1) is 13.7. The Bertz CT molecular complexity index is 1070. The van der Waals surface area contributed by atoms with Crippen LogP contribution in [0.4, 0.5) is 10.6 Å². The summed E-state index contributed by atoms with van der Waals surface area (Å²) in [5.74, 6) is 1.86. The predicted molar refractivity (Wildman–Crippen MR) is 105 cm³/mol. The van der Waals surface area contributed by atoms with E-state index in [1.165, 1.54) is 0 Å². The van der Waals surface area contributed by atoms with Gasteiger partial charge in [-0.3, -0.25) is 9.36 Å². The van der Waals surface area contributed by atoms with Crippen LogP contribution in [-0.2, 0) is 4.79 Å². The highest BCUT2D eigenvalue weighted by Crippen LogP contribution is 2.31. The van der Waals surface area contributed by atoms with Crippen LogP contribution in [-0.4, -0.2) is 27.5 Å². The summed E-state index contributed by atoms with van der Waals surface area (Å²) in [6.45, 7) is 0. The van der Waals surface area contributed by atoms with E-state index in [2.05, 4.69) is 15.6 Å². The molecule has 0 radical (unpaired) electrons. The standard InChI is InChI=1S/C21H20N4O3/c26-20(13-1-2-13)24-19-12-17(7-9-22-19)28-16-5-6-18-14(11-16)8-10-25(18)21(27)23-15-3-4-15/h5-13,15H,1-4H2,(H,23,27)(H,22,24,26). The molecule has 0 saturated heterocycles. The average molecular weight is 376 g/mol. The molecule has 3 aromatic rings. The Morgan fingerprint density at radius 3 is 2.64 bits per heavy atom. The van der Waals surface area contributed by atoms with Crippen LogP contribution in [0.25, 0.3) is 10.9 Å². The molecular formula is C21H20N4O3. The van der Waals surface area contributed by atoms with E-state index in [4.69, 9.17) is 4.74 Å². The van der Waals surface area contributed by atoms with Crippen LogP contribution in [0.2, 0.25) is 0 Å². The number of fused-ring (bicyclic) bond motifs is 1. The number of hydrogen-bond donors (Lipinski definition) is 2. The van der Waals surface area contributed by atoms with Crippen molar-refractivity contribution in [3.8, 4) is 11.5 Å². The Kier molecular flexibility index (Phi) is 4.00. The zero-order valence-corrected chi connectivity index (χ0v) is 15.2.